The van der Waals surface area contributed by atoms with Gasteiger partial charge in [0.25, 0.3) is 0 Å². The zero-order valence-corrected chi connectivity index (χ0v) is 15.6. The Morgan fingerprint density at radius 2 is 2.07 bits per heavy atom. The standard InChI is InChI=1S/C21H26O6/c1-10-5-6-14-11(2)7-15(25-19(23)12(3)9-22)17-18(16(10)14)26-20(24)21(17)8-13(4)27-21/h13-18,22H,1-3,5-9H2,4H3. The molecule has 0 radical (unpaired) electrons. The molecule has 4 rings (SSSR count). The van der Waals surface area contributed by atoms with Gasteiger partial charge in [-0.2, -0.15) is 0 Å². The minimum absolute atomic E-state index is 0.0184. The second kappa shape index (κ2) is 6.31. The van der Waals surface area contributed by atoms with Gasteiger partial charge in [-0.25, -0.2) is 9.59 Å². The zero-order chi connectivity index (χ0) is 19.5. The monoisotopic (exact) mass is 374 g/mol. The van der Waals surface area contributed by atoms with Crippen molar-refractivity contribution in [3.8, 4) is 0 Å². The van der Waals surface area contributed by atoms with E-state index in [4.69, 9.17) is 14.2 Å². The Kier molecular flexibility index (Phi) is 4.31. The Balaban J connectivity index is 1.73. The molecule has 7 atom stereocenters. The lowest BCUT2D eigenvalue weighted by molar-refractivity contribution is -0.228. The van der Waals surface area contributed by atoms with E-state index in [1.165, 1.54) is 0 Å². The van der Waals surface area contributed by atoms with E-state index in [1.54, 1.807) is 0 Å². The predicted molar refractivity (Wildman–Crippen MR) is 96.5 cm³/mol. The van der Waals surface area contributed by atoms with Gasteiger partial charge in [0.1, 0.15) is 12.2 Å². The van der Waals surface area contributed by atoms with Gasteiger partial charge in [-0.3, -0.25) is 0 Å². The van der Waals surface area contributed by atoms with Crippen LogP contribution in [0.4, 0.5) is 0 Å². The molecule has 1 spiro atoms. The molecule has 27 heavy (non-hydrogen) atoms. The van der Waals surface area contributed by atoms with E-state index in [0.717, 1.165) is 24.0 Å². The first-order valence-corrected chi connectivity index (χ1v) is 9.52. The smallest absolute Gasteiger partial charge is 0.339 e. The summed E-state index contributed by atoms with van der Waals surface area (Å²) in [5.74, 6) is -1.31. The molecule has 4 fully saturated rings. The van der Waals surface area contributed by atoms with Crippen LogP contribution in [-0.2, 0) is 23.8 Å². The molecule has 146 valence electrons. The summed E-state index contributed by atoms with van der Waals surface area (Å²) >= 11 is 0. The van der Waals surface area contributed by atoms with Crippen molar-refractivity contribution >= 4 is 11.9 Å². The van der Waals surface area contributed by atoms with E-state index in [0.29, 0.717) is 12.8 Å². The van der Waals surface area contributed by atoms with Crippen molar-refractivity contribution in [2.24, 2.45) is 17.8 Å². The van der Waals surface area contributed by atoms with Gasteiger partial charge >= 0.3 is 11.9 Å². The summed E-state index contributed by atoms with van der Waals surface area (Å²) in [6.45, 7) is 13.4. The second-order valence-electron chi connectivity index (χ2n) is 8.31. The van der Waals surface area contributed by atoms with Gasteiger partial charge in [-0.05, 0) is 25.7 Å². The number of rotatable bonds is 3. The van der Waals surface area contributed by atoms with Crippen molar-refractivity contribution in [2.45, 2.75) is 56.5 Å². The highest BCUT2D eigenvalue weighted by atomic mass is 16.6. The molecule has 2 aliphatic carbocycles. The number of ether oxygens (including phenoxy) is 3. The topological polar surface area (TPSA) is 82.1 Å². The lowest BCUT2D eigenvalue weighted by Crippen LogP contribution is -2.60. The van der Waals surface area contributed by atoms with E-state index in [-0.39, 0.29) is 29.5 Å². The molecular formula is C21H26O6. The molecule has 0 amide bonds. The molecule has 0 aromatic heterocycles. The highest BCUT2D eigenvalue weighted by Gasteiger charge is 2.70. The van der Waals surface area contributed by atoms with Crippen LogP contribution in [0, 0.1) is 17.8 Å². The van der Waals surface area contributed by atoms with Gasteiger partial charge in [0.15, 0.2) is 5.60 Å². The fourth-order valence-corrected chi connectivity index (χ4v) is 5.46. The van der Waals surface area contributed by atoms with E-state index in [1.807, 2.05) is 6.92 Å². The van der Waals surface area contributed by atoms with E-state index >= 15 is 0 Å². The minimum atomic E-state index is -1.08. The molecule has 1 N–H and O–H groups in total. The Labute approximate surface area is 158 Å². The van der Waals surface area contributed by atoms with Crippen molar-refractivity contribution in [1.82, 2.24) is 0 Å². The molecule has 0 aromatic carbocycles. The Morgan fingerprint density at radius 3 is 2.70 bits per heavy atom. The fourth-order valence-electron chi connectivity index (χ4n) is 5.46. The first-order valence-electron chi connectivity index (χ1n) is 9.52. The van der Waals surface area contributed by atoms with Crippen LogP contribution in [-0.4, -0.2) is 47.6 Å². The van der Waals surface area contributed by atoms with E-state index in [2.05, 4.69) is 19.7 Å². The Hall–Kier alpha value is -1.92. The van der Waals surface area contributed by atoms with Crippen molar-refractivity contribution in [2.75, 3.05) is 6.61 Å². The lowest BCUT2D eigenvalue weighted by Gasteiger charge is -2.46. The summed E-state index contributed by atoms with van der Waals surface area (Å²) in [7, 11) is 0. The van der Waals surface area contributed by atoms with Gasteiger partial charge in [0.2, 0.25) is 0 Å². The number of carbonyl (C=O) groups is 2. The average Bonchev–Trinajstić information content (AvgIpc) is 3.08. The Morgan fingerprint density at radius 1 is 1.37 bits per heavy atom. The molecule has 0 bridgehead atoms. The molecule has 2 heterocycles. The number of hydrogen-bond acceptors (Lipinski definition) is 6. The molecule has 2 saturated heterocycles. The highest BCUT2D eigenvalue weighted by Crippen LogP contribution is 2.58. The van der Waals surface area contributed by atoms with Crippen LogP contribution in [0.5, 0.6) is 0 Å². The molecule has 0 aromatic rings. The maximum Gasteiger partial charge on any atom is 0.339 e. The number of esters is 2. The number of hydrogen-bond donors (Lipinski definition) is 1. The second-order valence-corrected chi connectivity index (χ2v) is 8.31. The summed E-state index contributed by atoms with van der Waals surface area (Å²) in [4.78, 5) is 25.1. The molecule has 2 saturated carbocycles. The third kappa shape index (κ3) is 2.61. The van der Waals surface area contributed by atoms with Crippen LogP contribution >= 0.6 is 0 Å². The van der Waals surface area contributed by atoms with Crippen LogP contribution in [0.25, 0.3) is 0 Å². The van der Waals surface area contributed by atoms with Crippen molar-refractivity contribution < 1.29 is 28.9 Å². The molecule has 6 heteroatoms. The SMILES string of the molecule is C=C(CO)C(=O)OC1CC(=C)C2CCC(=C)C2C2OC(=O)C3(CC(C)O3)C12. The summed E-state index contributed by atoms with van der Waals surface area (Å²) in [5.41, 5.74) is 0.945. The normalized spacial score (nSPS) is 42.8. The largest absolute Gasteiger partial charge is 0.459 e. The van der Waals surface area contributed by atoms with Crippen LogP contribution in [0.1, 0.15) is 32.6 Å². The summed E-state index contributed by atoms with van der Waals surface area (Å²) in [5, 5.41) is 9.20. The Bertz CT molecular complexity index is 731. The van der Waals surface area contributed by atoms with Crippen molar-refractivity contribution in [3.63, 3.8) is 0 Å². The molecule has 7 unspecified atom stereocenters. The summed E-state index contributed by atoms with van der Waals surface area (Å²) < 4.78 is 17.5. The number of aliphatic hydroxyl groups is 1. The third-order valence-corrected chi connectivity index (χ3v) is 6.64. The quantitative estimate of drug-likeness (QED) is 0.463. The molecular weight excluding hydrogens is 348 g/mol. The predicted octanol–water partition coefficient (Wildman–Crippen LogP) is 2.08. The lowest BCUT2D eigenvalue weighted by atomic mass is 9.71. The maximum atomic E-state index is 12.8. The molecule has 4 aliphatic rings. The van der Waals surface area contributed by atoms with Crippen LogP contribution in [0.2, 0.25) is 0 Å². The fraction of sp³-hybridized carbons (Fsp3) is 0.619. The van der Waals surface area contributed by atoms with Gasteiger partial charge in [-0.15, -0.1) is 0 Å². The van der Waals surface area contributed by atoms with Crippen LogP contribution in [0.3, 0.4) is 0 Å². The van der Waals surface area contributed by atoms with Gasteiger partial charge in [-0.1, -0.05) is 30.9 Å². The van der Waals surface area contributed by atoms with Crippen molar-refractivity contribution in [1.29, 1.82) is 0 Å². The summed E-state index contributed by atoms with van der Waals surface area (Å²) in [6, 6.07) is 0. The minimum Gasteiger partial charge on any atom is -0.459 e. The first kappa shape index (κ1) is 18.4. The van der Waals surface area contributed by atoms with Crippen molar-refractivity contribution in [3.05, 3.63) is 36.5 Å². The number of carbonyl (C=O) groups excluding carboxylic acids is 2. The van der Waals surface area contributed by atoms with E-state index < -0.39 is 36.3 Å². The van der Waals surface area contributed by atoms with Crippen LogP contribution < -0.4 is 0 Å². The van der Waals surface area contributed by atoms with Gasteiger partial charge in [0, 0.05) is 18.8 Å². The van der Waals surface area contributed by atoms with Gasteiger partial charge in [0.05, 0.1) is 24.2 Å². The van der Waals surface area contributed by atoms with E-state index in [9.17, 15) is 14.7 Å². The van der Waals surface area contributed by atoms with Gasteiger partial charge < -0.3 is 19.3 Å². The zero-order valence-electron chi connectivity index (χ0n) is 15.6. The first-order chi connectivity index (χ1) is 12.8. The third-order valence-electron chi connectivity index (χ3n) is 6.64. The average molecular weight is 374 g/mol. The molecule has 2 aliphatic heterocycles. The summed E-state index contributed by atoms with van der Waals surface area (Å²) in [6.07, 6.45) is 1.67. The van der Waals surface area contributed by atoms with Crippen LogP contribution in [0.15, 0.2) is 36.5 Å². The highest BCUT2D eigenvalue weighted by molar-refractivity contribution is 5.88. The molecule has 6 nitrogen and oxygen atoms in total. The number of aliphatic hydroxyl groups excluding tert-OH is 1. The maximum absolute atomic E-state index is 12.8. The number of fused-ring (bicyclic) bond motifs is 4.